The van der Waals surface area contributed by atoms with Crippen molar-refractivity contribution in [3.8, 4) is 0 Å². The minimum atomic E-state index is -0.342. The van der Waals surface area contributed by atoms with Crippen LogP contribution in [0.4, 0.5) is 4.39 Å². The van der Waals surface area contributed by atoms with Crippen LogP contribution in [-0.2, 0) is 4.74 Å². The molecule has 1 aliphatic rings. The Kier molecular flexibility index (Phi) is 2.82. The van der Waals surface area contributed by atoms with Gasteiger partial charge in [0.25, 0.3) is 0 Å². The van der Waals surface area contributed by atoms with Crippen molar-refractivity contribution in [2.75, 3.05) is 0 Å². The summed E-state index contributed by atoms with van der Waals surface area (Å²) in [6.45, 7) is 1.96. The number of hydrogen-bond acceptors (Lipinski definition) is 2. The van der Waals surface area contributed by atoms with E-state index in [9.17, 15) is 9.18 Å². The van der Waals surface area contributed by atoms with Gasteiger partial charge >= 0.3 is 0 Å². The van der Waals surface area contributed by atoms with E-state index in [1.165, 1.54) is 24.3 Å². The number of halogens is 1. The first-order chi connectivity index (χ1) is 7.16. The Morgan fingerprint density at radius 2 is 2.00 bits per heavy atom. The number of ketones is 1. The zero-order valence-corrected chi connectivity index (χ0v) is 8.57. The van der Waals surface area contributed by atoms with Gasteiger partial charge in [0.1, 0.15) is 11.9 Å². The second kappa shape index (κ2) is 4.11. The quantitative estimate of drug-likeness (QED) is 0.698. The Labute approximate surface area is 88.1 Å². The van der Waals surface area contributed by atoms with Crippen LogP contribution in [0.5, 0.6) is 0 Å². The van der Waals surface area contributed by atoms with Crippen LogP contribution in [0, 0.1) is 5.82 Å². The second-order valence-electron chi connectivity index (χ2n) is 3.88. The lowest BCUT2D eigenvalue weighted by Gasteiger charge is -2.09. The third-order valence-corrected chi connectivity index (χ3v) is 2.65. The fraction of sp³-hybridized carbons (Fsp3) is 0.417. The Bertz CT molecular complexity index is 358. The summed E-state index contributed by atoms with van der Waals surface area (Å²) in [6, 6.07) is 5.60. The van der Waals surface area contributed by atoms with Crippen LogP contribution >= 0.6 is 0 Å². The van der Waals surface area contributed by atoms with Crippen molar-refractivity contribution >= 4 is 5.78 Å². The standard InChI is InChI=1S/C12H13FO2/c1-8-2-7-11(15-8)12(14)9-3-5-10(13)6-4-9/h3-6,8,11H,2,7H2,1H3. The maximum absolute atomic E-state index is 12.6. The Morgan fingerprint density at radius 3 is 2.53 bits per heavy atom. The molecule has 1 saturated heterocycles. The highest BCUT2D eigenvalue weighted by Crippen LogP contribution is 2.22. The van der Waals surface area contributed by atoms with Crippen LogP contribution in [0.2, 0.25) is 0 Å². The van der Waals surface area contributed by atoms with Crippen LogP contribution in [0.15, 0.2) is 24.3 Å². The van der Waals surface area contributed by atoms with E-state index < -0.39 is 0 Å². The number of carbonyl (C=O) groups is 1. The average molecular weight is 208 g/mol. The smallest absolute Gasteiger partial charge is 0.191 e. The van der Waals surface area contributed by atoms with Crippen LogP contribution in [-0.4, -0.2) is 18.0 Å². The maximum atomic E-state index is 12.6. The molecule has 1 heterocycles. The van der Waals surface area contributed by atoms with E-state index in [0.717, 1.165) is 12.8 Å². The van der Waals surface area contributed by atoms with Crippen molar-refractivity contribution in [1.82, 2.24) is 0 Å². The normalized spacial score (nSPS) is 25.5. The molecule has 2 rings (SSSR count). The molecule has 0 aliphatic carbocycles. The summed E-state index contributed by atoms with van der Waals surface area (Å²) in [5.74, 6) is -0.369. The van der Waals surface area contributed by atoms with E-state index in [0.29, 0.717) is 5.56 Å². The van der Waals surface area contributed by atoms with Crippen LogP contribution in [0.3, 0.4) is 0 Å². The molecule has 0 radical (unpaired) electrons. The minimum absolute atomic E-state index is 0.0423. The summed E-state index contributed by atoms with van der Waals surface area (Å²) in [7, 11) is 0. The molecule has 1 fully saturated rings. The number of Topliss-reactive ketones (excluding diaryl/α,β-unsaturated/α-hetero) is 1. The zero-order chi connectivity index (χ0) is 10.8. The topological polar surface area (TPSA) is 26.3 Å². The fourth-order valence-electron chi connectivity index (χ4n) is 1.80. The molecule has 15 heavy (non-hydrogen) atoms. The van der Waals surface area contributed by atoms with Gasteiger partial charge in [-0.3, -0.25) is 4.79 Å². The van der Waals surface area contributed by atoms with Crippen molar-refractivity contribution in [3.05, 3.63) is 35.6 Å². The largest absolute Gasteiger partial charge is 0.367 e. The Balaban J connectivity index is 2.11. The zero-order valence-electron chi connectivity index (χ0n) is 8.57. The maximum Gasteiger partial charge on any atom is 0.191 e. The fourth-order valence-corrected chi connectivity index (χ4v) is 1.80. The molecule has 0 saturated carbocycles. The van der Waals surface area contributed by atoms with Gasteiger partial charge in [-0.05, 0) is 44.0 Å². The Morgan fingerprint density at radius 1 is 1.33 bits per heavy atom. The average Bonchev–Trinajstić information content (AvgIpc) is 2.65. The summed E-state index contributed by atoms with van der Waals surface area (Å²) in [4.78, 5) is 11.9. The molecule has 80 valence electrons. The molecule has 2 unspecified atom stereocenters. The molecule has 2 nitrogen and oxygen atoms in total. The second-order valence-corrected chi connectivity index (χ2v) is 3.88. The summed E-state index contributed by atoms with van der Waals surface area (Å²) in [6.07, 6.45) is 1.49. The molecule has 1 aromatic rings. The van der Waals surface area contributed by atoms with Crippen molar-refractivity contribution in [2.24, 2.45) is 0 Å². The van der Waals surface area contributed by atoms with Crippen LogP contribution in [0.1, 0.15) is 30.1 Å². The molecular formula is C12H13FO2. The first-order valence-electron chi connectivity index (χ1n) is 5.12. The van der Waals surface area contributed by atoms with Gasteiger partial charge in [0, 0.05) is 5.56 Å². The molecule has 1 aliphatic heterocycles. The van der Waals surface area contributed by atoms with Crippen molar-refractivity contribution < 1.29 is 13.9 Å². The van der Waals surface area contributed by atoms with Gasteiger partial charge < -0.3 is 4.74 Å². The number of ether oxygens (including phenoxy) is 1. The van der Waals surface area contributed by atoms with Gasteiger partial charge in [0.05, 0.1) is 6.10 Å². The van der Waals surface area contributed by atoms with E-state index in [1.807, 2.05) is 6.92 Å². The number of hydrogen-bond donors (Lipinski definition) is 0. The van der Waals surface area contributed by atoms with E-state index in [2.05, 4.69) is 0 Å². The van der Waals surface area contributed by atoms with Crippen LogP contribution < -0.4 is 0 Å². The molecule has 2 atom stereocenters. The molecule has 0 aromatic heterocycles. The molecule has 0 spiro atoms. The lowest BCUT2D eigenvalue weighted by molar-refractivity contribution is 0.0433. The molecule has 3 heteroatoms. The van der Waals surface area contributed by atoms with Crippen molar-refractivity contribution in [2.45, 2.75) is 32.0 Å². The van der Waals surface area contributed by atoms with Gasteiger partial charge in [0.15, 0.2) is 5.78 Å². The lowest BCUT2D eigenvalue weighted by Crippen LogP contribution is -2.20. The summed E-state index contributed by atoms with van der Waals surface area (Å²) >= 11 is 0. The Hall–Kier alpha value is -1.22. The number of rotatable bonds is 2. The molecule has 0 amide bonds. The summed E-state index contributed by atoms with van der Waals surface area (Å²) in [5.41, 5.74) is 0.524. The first kappa shape index (κ1) is 10.3. The van der Waals surface area contributed by atoms with Gasteiger partial charge in [-0.25, -0.2) is 4.39 Å². The van der Waals surface area contributed by atoms with E-state index in [-0.39, 0.29) is 23.8 Å². The van der Waals surface area contributed by atoms with Crippen molar-refractivity contribution in [3.63, 3.8) is 0 Å². The van der Waals surface area contributed by atoms with Gasteiger partial charge in [0.2, 0.25) is 0 Å². The summed E-state index contributed by atoms with van der Waals surface area (Å²) < 4.78 is 18.1. The predicted octanol–water partition coefficient (Wildman–Crippen LogP) is 2.58. The van der Waals surface area contributed by atoms with Gasteiger partial charge in [-0.1, -0.05) is 0 Å². The highest BCUT2D eigenvalue weighted by molar-refractivity contribution is 5.99. The highest BCUT2D eigenvalue weighted by Gasteiger charge is 2.28. The summed E-state index contributed by atoms with van der Waals surface area (Å²) in [5, 5.41) is 0. The molecule has 0 bridgehead atoms. The molecular weight excluding hydrogens is 195 g/mol. The highest BCUT2D eigenvalue weighted by atomic mass is 19.1. The third-order valence-electron chi connectivity index (χ3n) is 2.65. The van der Waals surface area contributed by atoms with E-state index >= 15 is 0 Å². The first-order valence-corrected chi connectivity index (χ1v) is 5.12. The third kappa shape index (κ3) is 2.23. The molecule has 0 N–H and O–H groups in total. The SMILES string of the molecule is CC1CCC(C(=O)c2ccc(F)cc2)O1. The van der Waals surface area contributed by atoms with E-state index in [4.69, 9.17) is 4.74 Å². The lowest BCUT2D eigenvalue weighted by atomic mass is 10.0. The monoisotopic (exact) mass is 208 g/mol. The van der Waals surface area contributed by atoms with Crippen molar-refractivity contribution in [1.29, 1.82) is 0 Å². The van der Waals surface area contributed by atoms with Gasteiger partial charge in [-0.15, -0.1) is 0 Å². The minimum Gasteiger partial charge on any atom is -0.367 e. The van der Waals surface area contributed by atoms with Crippen LogP contribution in [0.25, 0.3) is 0 Å². The van der Waals surface area contributed by atoms with Gasteiger partial charge in [-0.2, -0.15) is 0 Å². The predicted molar refractivity (Wildman–Crippen MR) is 54.3 cm³/mol. The molecule has 1 aromatic carbocycles. The number of benzene rings is 1. The van der Waals surface area contributed by atoms with E-state index in [1.54, 1.807) is 0 Å². The number of carbonyl (C=O) groups excluding carboxylic acids is 1.